The Bertz CT molecular complexity index is 302. The number of hydrogen-bond donors (Lipinski definition) is 2. The number of nitrogens with zero attached hydrogens (tertiary/aromatic N) is 2. The van der Waals surface area contributed by atoms with Crippen molar-refractivity contribution in [1.29, 1.82) is 0 Å². The van der Waals surface area contributed by atoms with Gasteiger partial charge in [0.1, 0.15) is 0 Å². The molecule has 16 heavy (non-hydrogen) atoms. The van der Waals surface area contributed by atoms with E-state index >= 15 is 0 Å². The Morgan fingerprint density at radius 1 is 1.62 bits per heavy atom. The van der Waals surface area contributed by atoms with E-state index in [0.717, 1.165) is 25.4 Å². The maximum atomic E-state index is 4.36. The molecule has 2 heterocycles. The SMILES string of the molecule is Cn1ccc(CCNCC2CCCNC2)n1. The zero-order valence-electron chi connectivity index (χ0n) is 10.1. The van der Waals surface area contributed by atoms with Gasteiger partial charge >= 0.3 is 0 Å². The van der Waals surface area contributed by atoms with E-state index in [-0.39, 0.29) is 0 Å². The highest BCUT2D eigenvalue weighted by Gasteiger charge is 2.11. The van der Waals surface area contributed by atoms with Crippen LogP contribution in [-0.2, 0) is 13.5 Å². The van der Waals surface area contributed by atoms with E-state index < -0.39 is 0 Å². The number of aryl methyl sites for hydroxylation is 1. The normalized spacial score (nSPS) is 21.2. The molecule has 2 N–H and O–H groups in total. The molecule has 0 spiro atoms. The Morgan fingerprint density at radius 3 is 3.25 bits per heavy atom. The molecule has 0 bridgehead atoms. The van der Waals surface area contributed by atoms with Gasteiger partial charge in [-0.25, -0.2) is 0 Å². The van der Waals surface area contributed by atoms with Crippen LogP contribution in [0.5, 0.6) is 0 Å². The van der Waals surface area contributed by atoms with E-state index in [9.17, 15) is 0 Å². The fourth-order valence-electron chi connectivity index (χ4n) is 2.22. The zero-order valence-corrected chi connectivity index (χ0v) is 10.1. The second-order valence-electron chi connectivity index (χ2n) is 4.65. The molecule has 1 aliphatic heterocycles. The Balaban J connectivity index is 1.57. The second-order valence-corrected chi connectivity index (χ2v) is 4.65. The number of nitrogens with one attached hydrogen (secondary N) is 2. The third-order valence-corrected chi connectivity index (χ3v) is 3.16. The number of aromatic nitrogens is 2. The molecule has 0 saturated carbocycles. The average molecular weight is 222 g/mol. The number of rotatable bonds is 5. The Labute approximate surface area is 97.4 Å². The van der Waals surface area contributed by atoms with Gasteiger partial charge in [-0.15, -0.1) is 0 Å². The lowest BCUT2D eigenvalue weighted by Crippen LogP contribution is -2.36. The fraction of sp³-hybridized carbons (Fsp3) is 0.750. The lowest BCUT2D eigenvalue weighted by molar-refractivity contribution is 0.361. The van der Waals surface area contributed by atoms with Gasteiger partial charge in [0.2, 0.25) is 0 Å². The van der Waals surface area contributed by atoms with Crippen LogP contribution in [-0.4, -0.2) is 36.0 Å². The minimum Gasteiger partial charge on any atom is -0.316 e. The lowest BCUT2D eigenvalue weighted by Gasteiger charge is -2.22. The fourth-order valence-corrected chi connectivity index (χ4v) is 2.22. The van der Waals surface area contributed by atoms with Crippen molar-refractivity contribution < 1.29 is 0 Å². The van der Waals surface area contributed by atoms with Gasteiger partial charge in [0, 0.05) is 26.2 Å². The first-order valence-electron chi connectivity index (χ1n) is 6.24. The maximum Gasteiger partial charge on any atom is 0.0637 e. The second kappa shape index (κ2) is 6.01. The predicted molar refractivity (Wildman–Crippen MR) is 65.4 cm³/mol. The number of piperidine rings is 1. The van der Waals surface area contributed by atoms with Crippen LogP contribution in [0.2, 0.25) is 0 Å². The molecule has 1 unspecified atom stereocenters. The third kappa shape index (κ3) is 3.61. The van der Waals surface area contributed by atoms with Crippen LogP contribution in [0.3, 0.4) is 0 Å². The molecule has 90 valence electrons. The van der Waals surface area contributed by atoms with Gasteiger partial charge in [0.25, 0.3) is 0 Å². The van der Waals surface area contributed by atoms with Gasteiger partial charge in [-0.1, -0.05) is 0 Å². The van der Waals surface area contributed by atoms with Crippen molar-refractivity contribution in [2.45, 2.75) is 19.3 Å². The molecule has 4 heteroatoms. The Hall–Kier alpha value is -0.870. The molecule has 1 aromatic heterocycles. The zero-order chi connectivity index (χ0) is 11.2. The van der Waals surface area contributed by atoms with E-state index in [1.54, 1.807) is 0 Å². The standard InChI is InChI=1S/C12H22N4/c1-16-8-5-12(15-16)4-7-14-10-11-3-2-6-13-9-11/h5,8,11,13-14H,2-4,6-7,9-10H2,1H3. The summed E-state index contributed by atoms with van der Waals surface area (Å²) in [5.74, 6) is 0.817. The molecular weight excluding hydrogens is 200 g/mol. The summed E-state index contributed by atoms with van der Waals surface area (Å²) in [6.45, 7) is 4.55. The van der Waals surface area contributed by atoms with E-state index in [4.69, 9.17) is 0 Å². The summed E-state index contributed by atoms with van der Waals surface area (Å²) in [6.07, 6.45) is 5.72. The highest BCUT2D eigenvalue weighted by Crippen LogP contribution is 2.08. The summed E-state index contributed by atoms with van der Waals surface area (Å²) >= 11 is 0. The molecule has 2 rings (SSSR count). The van der Waals surface area contributed by atoms with Gasteiger partial charge in [-0.3, -0.25) is 4.68 Å². The van der Waals surface area contributed by atoms with Crippen molar-refractivity contribution >= 4 is 0 Å². The van der Waals surface area contributed by atoms with E-state index in [0.29, 0.717) is 0 Å². The van der Waals surface area contributed by atoms with Crippen molar-refractivity contribution in [3.63, 3.8) is 0 Å². The van der Waals surface area contributed by atoms with Crippen molar-refractivity contribution in [3.8, 4) is 0 Å². The summed E-state index contributed by atoms with van der Waals surface area (Å²) in [7, 11) is 1.96. The first-order chi connectivity index (χ1) is 7.84. The molecular formula is C12H22N4. The highest BCUT2D eigenvalue weighted by molar-refractivity contribution is 4.98. The van der Waals surface area contributed by atoms with Gasteiger partial charge in [-0.05, 0) is 44.5 Å². The van der Waals surface area contributed by atoms with Gasteiger partial charge in [0.15, 0.2) is 0 Å². The Morgan fingerprint density at radius 2 is 2.56 bits per heavy atom. The van der Waals surface area contributed by atoms with Crippen molar-refractivity contribution in [2.24, 2.45) is 13.0 Å². The van der Waals surface area contributed by atoms with Crippen LogP contribution in [0.1, 0.15) is 18.5 Å². The Kier molecular flexibility index (Phi) is 4.36. The van der Waals surface area contributed by atoms with Gasteiger partial charge in [-0.2, -0.15) is 5.10 Å². The quantitative estimate of drug-likeness (QED) is 0.715. The molecule has 1 saturated heterocycles. The highest BCUT2D eigenvalue weighted by atomic mass is 15.2. The molecule has 0 aromatic carbocycles. The first kappa shape index (κ1) is 11.6. The lowest BCUT2D eigenvalue weighted by atomic mass is 10.00. The van der Waals surface area contributed by atoms with Gasteiger partial charge < -0.3 is 10.6 Å². The van der Waals surface area contributed by atoms with Crippen LogP contribution in [0.15, 0.2) is 12.3 Å². The van der Waals surface area contributed by atoms with E-state index in [1.165, 1.54) is 31.6 Å². The minimum absolute atomic E-state index is 0.817. The van der Waals surface area contributed by atoms with Crippen LogP contribution in [0, 0.1) is 5.92 Å². The van der Waals surface area contributed by atoms with E-state index in [2.05, 4.69) is 21.8 Å². The number of hydrogen-bond acceptors (Lipinski definition) is 3. The average Bonchev–Trinajstić information content (AvgIpc) is 2.72. The summed E-state index contributed by atoms with van der Waals surface area (Å²) in [6, 6.07) is 2.09. The molecule has 1 atom stereocenters. The maximum absolute atomic E-state index is 4.36. The molecule has 1 aromatic rings. The monoisotopic (exact) mass is 222 g/mol. The van der Waals surface area contributed by atoms with Crippen molar-refractivity contribution in [2.75, 3.05) is 26.2 Å². The molecule has 1 aliphatic rings. The van der Waals surface area contributed by atoms with Crippen molar-refractivity contribution in [1.82, 2.24) is 20.4 Å². The van der Waals surface area contributed by atoms with Crippen LogP contribution >= 0.6 is 0 Å². The van der Waals surface area contributed by atoms with Crippen LogP contribution in [0.25, 0.3) is 0 Å². The molecule has 0 amide bonds. The van der Waals surface area contributed by atoms with Crippen LogP contribution in [0.4, 0.5) is 0 Å². The summed E-state index contributed by atoms with van der Waals surface area (Å²) < 4.78 is 1.86. The smallest absolute Gasteiger partial charge is 0.0637 e. The molecule has 0 aliphatic carbocycles. The molecule has 1 fully saturated rings. The van der Waals surface area contributed by atoms with E-state index in [1.807, 2.05) is 17.9 Å². The van der Waals surface area contributed by atoms with Crippen LogP contribution < -0.4 is 10.6 Å². The first-order valence-corrected chi connectivity index (χ1v) is 6.24. The topological polar surface area (TPSA) is 41.9 Å². The predicted octanol–water partition coefficient (Wildman–Crippen LogP) is 0.552. The summed E-state index contributed by atoms with van der Waals surface area (Å²) in [5, 5.41) is 11.3. The largest absolute Gasteiger partial charge is 0.316 e. The summed E-state index contributed by atoms with van der Waals surface area (Å²) in [4.78, 5) is 0. The van der Waals surface area contributed by atoms with Gasteiger partial charge in [0.05, 0.1) is 5.69 Å². The summed E-state index contributed by atoms with van der Waals surface area (Å²) in [5.41, 5.74) is 1.18. The molecule has 4 nitrogen and oxygen atoms in total. The van der Waals surface area contributed by atoms with Crippen molar-refractivity contribution in [3.05, 3.63) is 18.0 Å². The molecule has 0 radical (unpaired) electrons. The minimum atomic E-state index is 0.817. The third-order valence-electron chi connectivity index (χ3n) is 3.16.